The van der Waals surface area contributed by atoms with E-state index in [2.05, 4.69) is 15.3 Å². The summed E-state index contributed by atoms with van der Waals surface area (Å²) in [6, 6.07) is 0.105. The summed E-state index contributed by atoms with van der Waals surface area (Å²) < 4.78 is 9.95. The molecule has 0 saturated carbocycles. The molecule has 0 unspecified atom stereocenters. The van der Waals surface area contributed by atoms with Crippen molar-refractivity contribution >= 4 is 33.3 Å². The summed E-state index contributed by atoms with van der Waals surface area (Å²) in [4.78, 5) is 22.0. The number of nitrogens with zero attached hydrogens (tertiary/aromatic N) is 2. The average Bonchev–Trinajstić information content (AvgIpc) is 2.75. The van der Waals surface area contributed by atoms with Crippen LogP contribution in [0.3, 0.4) is 0 Å². The van der Waals surface area contributed by atoms with E-state index in [9.17, 15) is 4.79 Å². The first-order chi connectivity index (χ1) is 9.97. The molecule has 0 aliphatic rings. The molecule has 0 radical (unpaired) electrons. The highest BCUT2D eigenvalue weighted by Gasteiger charge is 2.21. The molecular weight excluding hydrogens is 290 g/mol. The smallest absolute Gasteiger partial charge is 0.348 e. The first kappa shape index (κ1) is 15.7. The van der Waals surface area contributed by atoms with Crippen LogP contribution in [0, 0.1) is 13.8 Å². The van der Waals surface area contributed by atoms with Gasteiger partial charge in [-0.1, -0.05) is 0 Å². The number of nitrogens with one attached hydrogen (secondary N) is 1. The lowest BCUT2D eigenvalue weighted by molar-refractivity contribution is 0.0605. The fourth-order valence-electron chi connectivity index (χ4n) is 2.16. The predicted octanol–water partition coefficient (Wildman–Crippen LogP) is 2.54. The van der Waals surface area contributed by atoms with Crippen molar-refractivity contribution < 1.29 is 14.3 Å². The van der Waals surface area contributed by atoms with Crippen molar-refractivity contribution in [2.24, 2.45) is 0 Å². The van der Waals surface area contributed by atoms with E-state index in [4.69, 9.17) is 9.47 Å². The van der Waals surface area contributed by atoms with Crippen LogP contribution in [-0.2, 0) is 9.47 Å². The minimum Gasteiger partial charge on any atom is -0.465 e. The molecule has 7 heteroatoms. The Hall–Kier alpha value is -1.73. The fourth-order valence-corrected chi connectivity index (χ4v) is 3.31. The largest absolute Gasteiger partial charge is 0.465 e. The van der Waals surface area contributed by atoms with Crippen LogP contribution in [-0.4, -0.2) is 42.8 Å². The van der Waals surface area contributed by atoms with Crippen LogP contribution < -0.4 is 5.32 Å². The van der Waals surface area contributed by atoms with Crippen molar-refractivity contribution in [2.75, 3.05) is 26.1 Å². The number of methoxy groups -OCH3 is 2. The van der Waals surface area contributed by atoms with Gasteiger partial charge in [0.25, 0.3) is 0 Å². The lowest BCUT2D eigenvalue weighted by atomic mass is 10.2. The number of rotatable bonds is 5. The number of hydrogen-bond donors (Lipinski definition) is 1. The molecule has 0 aliphatic carbocycles. The quantitative estimate of drug-likeness (QED) is 0.856. The third kappa shape index (κ3) is 3.14. The number of ether oxygens (including phenoxy) is 2. The minimum atomic E-state index is -0.343. The molecule has 0 aromatic carbocycles. The summed E-state index contributed by atoms with van der Waals surface area (Å²) >= 11 is 1.33. The van der Waals surface area contributed by atoms with Crippen molar-refractivity contribution in [1.82, 2.24) is 9.97 Å². The van der Waals surface area contributed by atoms with Gasteiger partial charge in [0.15, 0.2) is 0 Å². The van der Waals surface area contributed by atoms with Gasteiger partial charge in [0, 0.05) is 13.2 Å². The molecule has 2 heterocycles. The van der Waals surface area contributed by atoms with E-state index in [1.165, 1.54) is 18.4 Å². The zero-order valence-electron chi connectivity index (χ0n) is 12.8. The average molecular weight is 309 g/mol. The highest BCUT2D eigenvalue weighted by Crippen LogP contribution is 2.34. The lowest BCUT2D eigenvalue weighted by Gasteiger charge is -2.14. The number of fused-ring (bicyclic) bond motifs is 1. The van der Waals surface area contributed by atoms with E-state index in [0.717, 1.165) is 21.6 Å². The van der Waals surface area contributed by atoms with Crippen LogP contribution in [0.4, 0.5) is 5.82 Å². The first-order valence-corrected chi connectivity index (χ1v) is 7.41. The van der Waals surface area contributed by atoms with E-state index in [-0.39, 0.29) is 12.0 Å². The van der Waals surface area contributed by atoms with E-state index < -0.39 is 0 Å². The Bertz CT molecular complexity index is 669. The van der Waals surface area contributed by atoms with Crippen molar-refractivity contribution in [3.05, 3.63) is 16.3 Å². The number of thiophene rings is 1. The zero-order valence-corrected chi connectivity index (χ0v) is 13.6. The van der Waals surface area contributed by atoms with Gasteiger partial charge in [0.05, 0.1) is 19.1 Å². The van der Waals surface area contributed by atoms with Crippen LogP contribution in [0.2, 0.25) is 0 Å². The molecule has 0 fully saturated rings. The molecule has 114 valence electrons. The number of carbonyl (C=O) groups is 1. The van der Waals surface area contributed by atoms with Crippen LogP contribution >= 0.6 is 11.3 Å². The third-order valence-corrected chi connectivity index (χ3v) is 4.24. The van der Waals surface area contributed by atoms with Gasteiger partial charge in [-0.05, 0) is 26.3 Å². The normalized spacial score (nSPS) is 12.4. The SMILES string of the molecule is COC[C@@H](C)Nc1nc(C)nc2sc(C(=O)OC)c(C)c12. The van der Waals surface area contributed by atoms with Gasteiger partial charge < -0.3 is 14.8 Å². The molecule has 21 heavy (non-hydrogen) atoms. The van der Waals surface area contributed by atoms with Gasteiger partial charge >= 0.3 is 5.97 Å². The Kier molecular flexibility index (Phi) is 4.74. The summed E-state index contributed by atoms with van der Waals surface area (Å²) in [6.45, 7) is 6.29. The number of aromatic nitrogens is 2. The van der Waals surface area contributed by atoms with E-state index in [1.807, 2.05) is 20.8 Å². The van der Waals surface area contributed by atoms with Gasteiger partial charge in [-0.2, -0.15) is 0 Å². The second kappa shape index (κ2) is 6.36. The Morgan fingerprint density at radius 3 is 2.67 bits per heavy atom. The maximum absolute atomic E-state index is 11.8. The molecule has 0 aliphatic heterocycles. The Balaban J connectivity index is 2.54. The Morgan fingerprint density at radius 2 is 2.05 bits per heavy atom. The third-order valence-electron chi connectivity index (χ3n) is 3.07. The van der Waals surface area contributed by atoms with Gasteiger partial charge in [-0.15, -0.1) is 11.3 Å². The Morgan fingerprint density at radius 1 is 1.33 bits per heavy atom. The van der Waals surface area contributed by atoms with Gasteiger partial charge in [0.1, 0.15) is 21.3 Å². The first-order valence-electron chi connectivity index (χ1n) is 6.59. The number of hydrogen-bond acceptors (Lipinski definition) is 7. The summed E-state index contributed by atoms with van der Waals surface area (Å²) in [5.41, 5.74) is 0.842. The molecule has 2 rings (SSSR count). The number of aryl methyl sites for hydroxylation is 2. The highest BCUT2D eigenvalue weighted by atomic mass is 32.1. The van der Waals surface area contributed by atoms with Crippen molar-refractivity contribution in [2.45, 2.75) is 26.8 Å². The second-order valence-electron chi connectivity index (χ2n) is 4.85. The highest BCUT2D eigenvalue weighted by molar-refractivity contribution is 7.20. The summed E-state index contributed by atoms with van der Waals surface area (Å²) in [5.74, 6) is 1.04. The Labute approximate surface area is 127 Å². The number of carbonyl (C=O) groups excluding carboxylic acids is 1. The fraction of sp³-hybridized carbons (Fsp3) is 0.500. The monoisotopic (exact) mass is 309 g/mol. The van der Waals surface area contributed by atoms with Crippen molar-refractivity contribution in [3.8, 4) is 0 Å². The molecule has 6 nitrogen and oxygen atoms in total. The number of anilines is 1. The van der Waals surface area contributed by atoms with Crippen LogP contribution in [0.15, 0.2) is 0 Å². The minimum absolute atomic E-state index is 0.105. The lowest BCUT2D eigenvalue weighted by Crippen LogP contribution is -2.22. The molecule has 0 amide bonds. The maximum Gasteiger partial charge on any atom is 0.348 e. The topological polar surface area (TPSA) is 73.3 Å². The summed E-state index contributed by atoms with van der Waals surface area (Å²) in [5, 5.41) is 4.19. The van der Waals surface area contributed by atoms with E-state index >= 15 is 0 Å². The van der Waals surface area contributed by atoms with Gasteiger partial charge in [-0.3, -0.25) is 0 Å². The zero-order chi connectivity index (χ0) is 15.6. The molecule has 0 saturated heterocycles. The second-order valence-corrected chi connectivity index (χ2v) is 5.85. The van der Waals surface area contributed by atoms with Gasteiger partial charge in [-0.25, -0.2) is 14.8 Å². The van der Waals surface area contributed by atoms with Crippen molar-refractivity contribution in [3.63, 3.8) is 0 Å². The molecule has 0 bridgehead atoms. The number of esters is 1. The standard InChI is InChI=1S/C14H19N3O3S/c1-7(6-19-4)15-12-10-8(2)11(14(18)20-5)21-13(10)17-9(3)16-12/h7H,6H2,1-5H3,(H,15,16,17)/t7-/m1/s1. The van der Waals surface area contributed by atoms with Crippen molar-refractivity contribution in [1.29, 1.82) is 0 Å². The van der Waals surface area contributed by atoms with Crippen LogP contribution in [0.25, 0.3) is 10.2 Å². The molecule has 0 spiro atoms. The molecule has 2 aromatic rings. The maximum atomic E-state index is 11.8. The molecule has 1 N–H and O–H groups in total. The summed E-state index contributed by atoms with van der Waals surface area (Å²) in [7, 11) is 3.03. The van der Waals surface area contributed by atoms with Gasteiger partial charge in [0.2, 0.25) is 0 Å². The molecular formula is C14H19N3O3S. The predicted molar refractivity (Wildman–Crippen MR) is 83.2 cm³/mol. The van der Waals surface area contributed by atoms with E-state index in [1.54, 1.807) is 7.11 Å². The summed E-state index contributed by atoms with van der Waals surface area (Å²) in [6.07, 6.45) is 0. The molecule has 1 atom stereocenters. The van der Waals surface area contributed by atoms with Crippen LogP contribution in [0.5, 0.6) is 0 Å². The van der Waals surface area contributed by atoms with E-state index in [0.29, 0.717) is 17.3 Å². The van der Waals surface area contributed by atoms with Crippen LogP contribution in [0.1, 0.15) is 28.0 Å². The molecule has 2 aromatic heterocycles.